The third-order valence-electron chi connectivity index (χ3n) is 1.12. The van der Waals surface area contributed by atoms with Crippen LogP contribution in [-0.4, -0.2) is 6.02 Å². The Morgan fingerprint density at radius 3 is 2.91 bits per heavy atom. The van der Waals surface area contributed by atoms with Crippen molar-refractivity contribution in [2.45, 2.75) is 19.2 Å². The fraction of sp³-hybridized carbons (Fsp3) is 0.333. The summed E-state index contributed by atoms with van der Waals surface area (Å²) >= 11 is 3.19. The Kier molecular flexibility index (Phi) is 1.26. The van der Waals surface area contributed by atoms with Gasteiger partial charge in [-0.3, -0.25) is 0 Å². The standard InChI is InChI=1S/C9H12BrN/c1-7(11)6-8-2-4-9(10)5-3-8/h2-5,7H,6,11H2,1H3/i1D3,6D2,7D. The predicted molar refractivity (Wildman–Crippen MR) is 51.5 cm³/mol. The van der Waals surface area contributed by atoms with Crippen molar-refractivity contribution >= 4 is 15.9 Å². The van der Waals surface area contributed by atoms with Gasteiger partial charge in [-0.2, -0.15) is 0 Å². The smallest absolute Gasteiger partial charge is 0.0463 e. The summed E-state index contributed by atoms with van der Waals surface area (Å²) in [4.78, 5) is 0. The van der Waals surface area contributed by atoms with Crippen molar-refractivity contribution in [2.75, 3.05) is 0 Å². The van der Waals surface area contributed by atoms with Gasteiger partial charge < -0.3 is 5.73 Å². The van der Waals surface area contributed by atoms with Gasteiger partial charge >= 0.3 is 0 Å². The predicted octanol–water partition coefficient (Wildman–Crippen LogP) is 2.34. The Labute approximate surface area is 84.2 Å². The van der Waals surface area contributed by atoms with Gasteiger partial charge in [0.2, 0.25) is 0 Å². The van der Waals surface area contributed by atoms with Crippen molar-refractivity contribution in [1.82, 2.24) is 0 Å². The zero-order chi connectivity index (χ0) is 13.5. The van der Waals surface area contributed by atoms with E-state index in [4.69, 9.17) is 14.0 Å². The molecule has 2 N–H and O–H groups in total. The van der Waals surface area contributed by atoms with E-state index >= 15 is 0 Å². The van der Waals surface area contributed by atoms with Gasteiger partial charge in [0.05, 0.1) is 0 Å². The molecular weight excluding hydrogens is 202 g/mol. The van der Waals surface area contributed by atoms with E-state index < -0.39 is 19.2 Å². The third kappa shape index (κ3) is 3.04. The van der Waals surface area contributed by atoms with Crippen LogP contribution in [0.1, 0.15) is 20.6 Å². The van der Waals surface area contributed by atoms with Gasteiger partial charge in [0.1, 0.15) is 0 Å². The summed E-state index contributed by atoms with van der Waals surface area (Å²) < 4.78 is 45.3. The molecule has 0 fully saturated rings. The average molecular weight is 220 g/mol. The molecule has 1 unspecified atom stereocenters. The van der Waals surface area contributed by atoms with Crippen molar-refractivity contribution in [1.29, 1.82) is 0 Å². The maximum absolute atomic E-state index is 7.77. The maximum Gasteiger partial charge on any atom is 0.0463 e. The fourth-order valence-corrected chi connectivity index (χ4v) is 0.953. The van der Waals surface area contributed by atoms with Crippen LogP contribution in [0.2, 0.25) is 0 Å². The zero-order valence-electron chi connectivity index (χ0n) is 11.8. The highest BCUT2D eigenvalue weighted by Gasteiger charge is 1.96. The molecule has 1 rings (SSSR count). The van der Waals surface area contributed by atoms with E-state index in [1.807, 2.05) is 0 Å². The van der Waals surface area contributed by atoms with E-state index in [-0.39, 0.29) is 5.56 Å². The lowest BCUT2D eigenvalue weighted by Gasteiger charge is -2.03. The first-order valence-corrected chi connectivity index (χ1v) is 3.84. The van der Waals surface area contributed by atoms with Crippen molar-refractivity contribution in [3.8, 4) is 0 Å². The van der Waals surface area contributed by atoms with Gasteiger partial charge in [0, 0.05) is 18.7 Å². The summed E-state index contributed by atoms with van der Waals surface area (Å²) in [5, 5.41) is 0. The first kappa shape index (κ1) is 3.58. The van der Waals surface area contributed by atoms with E-state index in [2.05, 4.69) is 15.9 Å². The minimum Gasteiger partial charge on any atom is -0.328 e. The fourth-order valence-electron chi connectivity index (χ4n) is 0.689. The van der Waals surface area contributed by atoms with Gasteiger partial charge in [-0.15, -0.1) is 0 Å². The molecule has 1 aromatic rings. The van der Waals surface area contributed by atoms with Crippen molar-refractivity contribution in [2.24, 2.45) is 5.73 Å². The van der Waals surface area contributed by atoms with Crippen LogP contribution in [0.4, 0.5) is 0 Å². The highest BCUT2D eigenvalue weighted by Crippen LogP contribution is 2.11. The molecule has 0 saturated heterocycles. The van der Waals surface area contributed by atoms with Crippen LogP contribution in [0.5, 0.6) is 0 Å². The minimum absolute atomic E-state index is 0.0642. The molecule has 0 heterocycles. The Bertz CT molecular complexity index is 397. The van der Waals surface area contributed by atoms with Crippen molar-refractivity contribution in [3.63, 3.8) is 0 Å². The lowest BCUT2D eigenvalue weighted by Crippen LogP contribution is -2.17. The molecule has 0 aromatic heterocycles. The van der Waals surface area contributed by atoms with Crippen LogP contribution < -0.4 is 5.73 Å². The van der Waals surface area contributed by atoms with Crippen LogP contribution in [0, 0.1) is 0 Å². The molecule has 0 radical (unpaired) electrons. The number of benzene rings is 1. The Morgan fingerprint density at radius 1 is 1.73 bits per heavy atom. The molecule has 11 heavy (non-hydrogen) atoms. The van der Waals surface area contributed by atoms with E-state index in [1.54, 1.807) is 12.1 Å². The van der Waals surface area contributed by atoms with Crippen LogP contribution >= 0.6 is 15.9 Å². The summed E-state index contributed by atoms with van der Waals surface area (Å²) in [5.74, 6) is 0. The van der Waals surface area contributed by atoms with Crippen LogP contribution in [0.25, 0.3) is 0 Å². The molecule has 0 amide bonds. The quantitative estimate of drug-likeness (QED) is 0.813. The van der Waals surface area contributed by atoms with Gasteiger partial charge in [-0.25, -0.2) is 0 Å². The SMILES string of the molecule is [2H]C([2H])([2H])C([2H])(N)C([2H])([2H])c1ccc(Br)cc1. The van der Waals surface area contributed by atoms with Gasteiger partial charge in [0.15, 0.2) is 0 Å². The van der Waals surface area contributed by atoms with Crippen LogP contribution in [-0.2, 0) is 6.37 Å². The maximum atomic E-state index is 7.77. The van der Waals surface area contributed by atoms with Crippen molar-refractivity contribution < 1.29 is 8.22 Å². The Balaban J connectivity index is 3.23. The molecule has 0 aliphatic carbocycles. The summed E-state index contributed by atoms with van der Waals surface area (Å²) in [5.41, 5.74) is 5.42. The Morgan fingerprint density at radius 2 is 2.36 bits per heavy atom. The topological polar surface area (TPSA) is 26.0 Å². The average Bonchev–Trinajstić information content (AvgIpc) is 2.16. The molecule has 2 heteroatoms. The second kappa shape index (κ2) is 3.88. The molecule has 0 bridgehead atoms. The summed E-state index contributed by atoms with van der Waals surface area (Å²) in [6, 6.07) is 3.26. The number of halogens is 1. The highest BCUT2D eigenvalue weighted by molar-refractivity contribution is 9.10. The monoisotopic (exact) mass is 219 g/mol. The molecule has 0 spiro atoms. The lowest BCUT2D eigenvalue weighted by atomic mass is 10.1. The van der Waals surface area contributed by atoms with E-state index in [0.717, 1.165) is 4.47 Å². The summed E-state index contributed by atoms with van der Waals surface area (Å²) in [6.45, 7) is -2.91. The van der Waals surface area contributed by atoms with Gasteiger partial charge in [0.25, 0.3) is 0 Å². The highest BCUT2D eigenvalue weighted by atomic mass is 79.9. The molecule has 0 aliphatic rings. The summed E-state index contributed by atoms with van der Waals surface area (Å²) in [7, 11) is 0. The van der Waals surface area contributed by atoms with Gasteiger partial charge in [-0.1, -0.05) is 28.1 Å². The van der Waals surface area contributed by atoms with Crippen LogP contribution in [0.15, 0.2) is 28.7 Å². The molecule has 1 aromatic carbocycles. The normalized spacial score (nSPS) is 26.4. The molecular formula is C9H12BrN. The lowest BCUT2D eigenvalue weighted by molar-refractivity contribution is 0.738. The van der Waals surface area contributed by atoms with E-state index in [9.17, 15) is 0 Å². The summed E-state index contributed by atoms with van der Waals surface area (Å²) in [6.07, 6.45) is -2.47. The van der Waals surface area contributed by atoms with E-state index in [0.29, 0.717) is 0 Å². The first-order chi connectivity index (χ1) is 7.50. The second-order valence-corrected chi connectivity index (χ2v) is 2.96. The van der Waals surface area contributed by atoms with Crippen molar-refractivity contribution in [3.05, 3.63) is 34.3 Å². The van der Waals surface area contributed by atoms with Crippen LogP contribution in [0.3, 0.4) is 0 Å². The van der Waals surface area contributed by atoms with E-state index in [1.165, 1.54) is 12.1 Å². The molecule has 1 atom stereocenters. The molecule has 1 nitrogen and oxygen atoms in total. The number of hydrogen-bond donors (Lipinski definition) is 1. The number of rotatable bonds is 2. The largest absolute Gasteiger partial charge is 0.328 e. The molecule has 0 saturated carbocycles. The third-order valence-corrected chi connectivity index (χ3v) is 1.65. The van der Waals surface area contributed by atoms with Gasteiger partial charge in [-0.05, 0) is 30.9 Å². The first-order valence-electron chi connectivity index (χ1n) is 6.05. The molecule has 60 valence electrons. The number of nitrogens with two attached hydrogens (primary N) is 1. The minimum atomic E-state index is -2.91. The zero-order valence-corrected chi connectivity index (χ0v) is 7.35. The molecule has 0 aliphatic heterocycles. The second-order valence-electron chi connectivity index (χ2n) is 2.05. The Hall–Kier alpha value is -0.340. The number of hydrogen-bond acceptors (Lipinski definition) is 1.